The minimum Gasteiger partial charge on any atom is -0.299 e. The Labute approximate surface area is 115 Å². The maximum atomic E-state index is 4.43. The molecular weight excluding hydrogens is 234 g/mol. The number of rotatable bonds is 5. The van der Waals surface area contributed by atoms with E-state index in [1.807, 2.05) is 30.7 Å². The number of hydrogen-bond donors (Lipinski definition) is 0. The van der Waals surface area contributed by atoms with E-state index in [1.165, 1.54) is 11.1 Å². The summed E-state index contributed by atoms with van der Waals surface area (Å²) in [5, 5.41) is 0. The molecule has 3 nitrogen and oxygen atoms in total. The van der Waals surface area contributed by atoms with Crippen LogP contribution in [0.15, 0.2) is 42.9 Å². The van der Waals surface area contributed by atoms with Gasteiger partial charge in [-0.25, -0.2) is 0 Å². The molecule has 1 atom stereocenters. The second-order valence-electron chi connectivity index (χ2n) is 5.15. The number of aromatic nitrogens is 2. The van der Waals surface area contributed by atoms with Gasteiger partial charge >= 0.3 is 0 Å². The first-order chi connectivity index (χ1) is 9.15. The molecule has 0 unspecified atom stereocenters. The Morgan fingerprint density at radius 2 is 2.11 bits per heavy atom. The van der Waals surface area contributed by atoms with Crippen molar-refractivity contribution in [2.45, 2.75) is 32.9 Å². The zero-order chi connectivity index (χ0) is 13.7. The highest BCUT2D eigenvalue weighted by Gasteiger charge is 2.11. The molecule has 2 aromatic heterocycles. The third kappa shape index (κ3) is 4.14. The molecule has 0 fully saturated rings. The van der Waals surface area contributed by atoms with Crippen LogP contribution in [0.25, 0.3) is 0 Å². The molecule has 0 radical (unpaired) electrons. The van der Waals surface area contributed by atoms with Crippen molar-refractivity contribution in [1.82, 2.24) is 14.9 Å². The lowest BCUT2D eigenvalue weighted by atomic mass is 10.1. The van der Waals surface area contributed by atoms with E-state index in [9.17, 15) is 0 Å². The summed E-state index contributed by atoms with van der Waals surface area (Å²) in [4.78, 5) is 10.9. The average Bonchev–Trinajstić information content (AvgIpc) is 2.40. The van der Waals surface area contributed by atoms with E-state index in [0.29, 0.717) is 6.04 Å². The van der Waals surface area contributed by atoms with Crippen LogP contribution >= 0.6 is 0 Å². The first-order valence-electron chi connectivity index (χ1n) is 6.66. The molecule has 0 aliphatic carbocycles. The van der Waals surface area contributed by atoms with Crippen molar-refractivity contribution in [3.8, 4) is 0 Å². The quantitative estimate of drug-likeness (QED) is 0.822. The van der Waals surface area contributed by atoms with Gasteiger partial charge in [-0.15, -0.1) is 0 Å². The number of hydrogen-bond acceptors (Lipinski definition) is 3. The van der Waals surface area contributed by atoms with Gasteiger partial charge in [0, 0.05) is 43.3 Å². The van der Waals surface area contributed by atoms with Gasteiger partial charge in [-0.2, -0.15) is 0 Å². The van der Waals surface area contributed by atoms with E-state index < -0.39 is 0 Å². The minimum atomic E-state index is 0.453. The molecule has 0 aromatic carbocycles. The van der Waals surface area contributed by atoms with Crippen LogP contribution in [-0.2, 0) is 13.0 Å². The number of likely N-dealkylation sites (N-methyl/N-ethyl adjacent to an activating group) is 1. The lowest BCUT2D eigenvalue weighted by Gasteiger charge is -2.24. The van der Waals surface area contributed by atoms with Crippen molar-refractivity contribution in [1.29, 1.82) is 0 Å². The van der Waals surface area contributed by atoms with E-state index in [-0.39, 0.29) is 0 Å². The van der Waals surface area contributed by atoms with E-state index in [1.54, 1.807) is 0 Å². The van der Waals surface area contributed by atoms with Crippen LogP contribution in [0, 0.1) is 6.92 Å². The van der Waals surface area contributed by atoms with E-state index in [4.69, 9.17) is 0 Å². The molecule has 2 aromatic rings. The molecular formula is C16H21N3. The summed E-state index contributed by atoms with van der Waals surface area (Å²) in [6.45, 7) is 5.26. The average molecular weight is 255 g/mol. The Bertz CT molecular complexity index is 510. The standard InChI is InChI=1S/C16H21N3/c1-13-6-8-18-16(9-13)10-14(2)19(3)12-15-5-4-7-17-11-15/h4-9,11,14H,10,12H2,1-3H3/t14-/m0/s1. The van der Waals surface area contributed by atoms with Gasteiger partial charge in [0.25, 0.3) is 0 Å². The number of pyridine rings is 2. The Balaban J connectivity index is 1.94. The predicted molar refractivity (Wildman–Crippen MR) is 77.8 cm³/mol. The van der Waals surface area contributed by atoms with Crippen LogP contribution in [0.1, 0.15) is 23.7 Å². The molecule has 2 rings (SSSR count). The molecule has 0 saturated heterocycles. The Kier molecular flexibility index (Phi) is 4.63. The fourth-order valence-electron chi connectivity index (χ4n) is 2.10. The SMILES string of the molecule is Cc1ccnc(C[C@H](C)N(C)Cc2cccnc2)c1. The fraction of sp³-hybridized carbons (Fsp3) is 0.375. The molecule has 0 N–H and O–H groups in total. The molecule has 19 heavy (non-hydrogen) atoms. The van der Waals surface area contributed by atoms with Crippen molar-refractivity contribution in [3.63, 3.8) is 0 Å². The second-order valence-corrected chi connectivity index (χ2v) is 5.15. The topological polar surface area (TPSA) is 29.0 Å². The highest BCUT2D eigenvalue weighted by atomic mass is 15.1. The number of aryl methyl sites for hydroxylation is 1. The van der Waals surface area contributed by atoms with Crippen molar-refractivity contribution in [2.75, 3.05) is 7.05 Å². The van der Waals surface area contributed by atoms with Gasteiger partial charge in [-0.1, -0.05) is 6.07 Å². The summed E-state index contributed by atoms with van der Waals surface area (Å²) in [7, 11) is 2.15. The second kappa shape index (κ2) is 6.43. The Morgan fingerprint density at radius 3 is 2.79 bits per heavy atom. The molecule has 0 amide bonds. The molecule has 100 valence electrons. The van der Waals surface area contributed by atoms with Crippen LogP contribution in [0.4, 0.5) is 0 Å². The summed E-state index contributed by atoms with van der Waals surface area (Å²) in [5.41, 5.74) is 3.67. The van der Waals surface area contributed by atoms with Crippen molar-refractivity contribution < 1.29 is 0 Å². The molecule has 0 saturated carbocycles. The molecule has 0 aliphatic rings. The molecule has 0 aliphatic heterocycles. The summed E-state index contributed by atoms with van der Waals surface area (Å²) >= 11 is 0. The monoisotopic (exact) mass is 255 g/mol. The van der Waals surface area contributed by atoms with Crippen LogP contribution in [0.2, 0.25) is 0 Å². The van der Waals surface area contributed by atoms with Gasteiger partial charge in [0.05, 0.1) is 0 Å². The highest BCUT2D eigenvalue weighted by Crippen LogP contribution is 2.10. The van der Waals surface area contributed by atoms with Gasteiger partial charge in [0.1, 0.15) is 0 Å². The van der Waals surface area contributed by atoms with E-state index >= 15 is 0 Å². The third-order valence-corrected chi connectivity index (χ3v) is 3.38. The smallest absolute Gasteiger partial charge is 0.0421 e. The Hall–Kier alpha value is -1.74. The predicted octanol–water partition coefficient (Wildman–Crippen LogP) is 2.85. The van der Waals surface area contributed by atoms with Crippen LogP contribution in [-0.4, -0.2) is 28.0 Å². The molecule has 0 spiro atoms. The fourth-order valence-corrected chi connectivity index (χ4v) is 2.10. The highest BCUT2D eigenvalue weighted by molar-refractivity contribution is 5.15. The maximum Gasteiger partial charge on any atom is 0.0421 e. The molecule has 0 bridgehead atoms. The van der Waals surface area contributed by atoms with Crippen molar-refractivity contribution in [3.05, 3.63) is 59.7 Å². The van der Waals surface area contributed by atoms with Gasteiger partial charge in [0.15, 0.2) is 0 Å². The van der Waals surface area contributed by atoms with Gasteiger partial charge in [-0.05, 0) is 50.2 Å². The number of nitrogens with zero attached hydrogens (tertiary/aromatic N) is 3. The van der Waals surface area contributed by atoms with Crippen LogP contribution in [0.5, 0.6) is 0 Å². The van der Waals surface area contributed by atoms with E-state index in [2.05, 4.69) is 47.9 Å². The zero-order valence-corrected chi connectivity index (χ0v) is 11.9. The normalized spacial score (nSPS) is 12.6. The van der Waals surface area contributed by atoms with Crippen molar-refractivity contribution in [2.24, 2.45) is 0 Å². The zero-order valence-electron chi connectivity index (χ0n) is 11.9. The van der Waals surface area contributed by atoms with Gasteiger partial charge < -0.3 is 0 Å². The van der Waals surface area contributed by atoms with Gasteiger partial charge in [-0.3, -0.25) is 14.9 Å². The Morgan fingerprint density at radius 1 is 1.26 bits per heavy atom. The lowest BCUT2D eigenvalue weighted by Crippen LogP contribution is -2.30. The van der Waals surface area contributed by atoms with Crippen molar-refractivity contribution >= 4 is 0 Å². The summed E-state index contributed by atoms with van der Waals surface area (Å²) in [6.07, 6.45) is 6.59. The summed E-state index contributed by atoms with van der Waals surface area (Å²) < 4.78 is 0. The molecule has 3 heteroatoms. The first kappa shape index (κ1) is 13.7. The lowest BCUT2D eigenvalue weighted by molar-refractivity contribution is 0.246. The van der Waals surface area contributed by atoms with E-state index in [0.717, 1.165) is 18.7 Å². The first-order valence-corrected chi connectivity index (χ1v) is 6.66. The summed E-state index contributed by atoms with van der Waals surface area (Å²) in [6, 6.07) is 8.74. The van der Waals surface area contributed by atoms with Gasteiger partial charge in [0.2, 0.25) is 0 Å². The maximum absolute atomic E-state index is 4.43. The van der Waals surface area contributed by atoms with Crippen LogP contribution in [0.3, 0.4) is 0 Å². The molecule has 2 heterocycles. The van der Waals surface area contributed by atoms with Crippen LogP contribution < -0.4 is 0 Å². The summed E-state index contributed by atoms with van der Waals surface area (Å²) in [5.74, 6) is 0. The third-order valence-electron chi connectivity index (χ3n) is 3.38. The minimum absolute atomic E-state index is 0.453. The largest absolute Gasteiger partial charge is 0.299 e.